The van der Waals surface area contributed by atoms with Crippen molar-refractivity contribution in [2.24, 2.45) is 0 Å². The fraction of sp³-hybridized carbons (Fsp3) is 0.455. The summed E-state index contributed by atoms with van der Waals surface area (Å²) in [6, 6.07) is 18.7. The maximum absolute atomic E-state index is 2.53. The van der Waals surface area contributed by atoms with Gasteiger partial charge in [-0.15, -0.1) is 0 Å². The second kappa shape index (κ2) is 5.18. The Morgan fingerprint density at radius 1 is 0.500 bits per heavy atom. The van der Waals surface area contributed by atoms with Crippen molar-refractivity contribution in [1.29, 1.82) is 0 Å². The van der Waals surface area contributed by atoms with Crippen LogP contribution in [-0.4, -0.2) is 16.1 Å². The van der Waals surface area contributed by atoms with E-state index in [1.165, 1.54) is 0 Å². The third kappa shape index (κ3) is 2.09. The minimum atomic E-state index is -1.49. The minimum absolute atomic E-state index is 0.166. The third-order valence-electron chi connectivity index (χ3n) is 7.01. The highest BCUT2D eigenvalue weighted by molar-refractivity contribution is 6.81. The molecule has 128 valence electrons. The molecule has 24 heavy (non-hydrogen) atoms. The summed E-state index contributed by atoms with van der Waals surface area (Å²) in [7, 11) is -2.98. The van der Waals surface area contributed by atoms with Crippen LogP contribution in [0, 0.1) is 0 Å². The van der Waals surface area contributed by atoms with Gasteiger partial charge >= 0.3 is 0 Å². The van der Waals surface area contributed by atoms with Gasteiger partial charge in [0.15, 0.2) is 0 Å². The van der Waals surface area contributed by atoms with Crippen molar-refractivity contribution in [3.63, 3.8) is 0 Å². The summed E-state index contributed by atoms with van der Waals surface area (Å²) in [5.74, 6) is 0. The molecule has 0 bridgehead atoms. The highest BCUT2D eigenvalue weighted by Gasteiger charge is 2.55. The molecule has 0 aromatic heterocycles. The van der Waals surface area contributed by atoms with Crippen LogP contribution in [0.2, 0.25) is 39.3 Å². The van der Waals surface area contributed by atoms with Gasteiger partial charge in [0, 0.05) is 10.1 Å². The normalized spacial score (nSPS) is 26.7. The largest absolute Gasteiger partial charge is 0.0686 e. The van der Waals surface area contributed by atoms with Crippen LogP contribution < -0.4 is 0 Å². The van der Waals surface area contributed by atoms with Gasteiger partial charge in [-0.05, 0) is 22.3 Å². The summed E-state index contributed by atoms with van der Waals surface area (Å²) in [6.45, 7) is 20.2. The first kappa shape index (κ1) is 17.7. The second-order valence-corrected chi connectivity index (χ2v) is 20.8. The Hall–Kier alpha value is -1.13. The van der Waals surface area contributed by atoms with E-state index in [0.29, 0.717) is 0 Å². The number of hydrogen-bond donors (Lipinski definition) is 0. The molecule has 0 fully saturated rings. The molecule has 0 saturated carbocycles. The molecule has 0 atom stereocenters. The highest BCUT2D eigenvalue weighted by atomic mass is 28.3. The van der Waals surface area contributed by atoms with E-state index >= 15 is 0 Å². The average molecular weight is 353 g/mol. The van der Waals surface area contributed by atoms with Crippen molar-refractivity contribution in [2.75, 3.05) is 0 Å². The second-order valence-electron chi connectivity index (χ2n) is 9.84. The van der Waals surface area contributed by atoms with Crippen LogP contribution in [-0.2, 0) is 10.1 Å². The molecule has 0 N–H and O–H groups in total. The first-order valence-corrected chi connectivity index (χ1v) is 16.2. The first-order chi connectivity index (χ1) is 11.0. The minimum Gasteiger partial charge on any atom is -0.0686 e. The van der Waals surface area contributed by atoms with Gasteiger partial charge in [-0.3, -0.25) is 0 Å². The van der Waals surface area contributed by atoms with Crippen LogP contribution >= 0.6 is 0 Å². The molecule has 0 spiro atoms. The van der Waals surface area contributed by atoms with Gasteiger partial charge in [-0.1, -0.05) is 102 Å². The summed E-state index contributed by atoms with van der Waals surface area (Å²) in [4.78, 5) is 0. The molecule has 0 heterocycles. The molecule has 2 heteroatoms. The zero-order valence-corrected chi connectivity index (χ0v) is 18.6. The molecule has 2 aromatic carbocycles. The fourth-order valence-corrected chi connectivity index (χ4v) is 8.72. The predicted octanol–water partition coefficient (Wildman–Crippen LogP) is 6.37. The van der Waals surface area contributed by atoms with E-state index in [0.717, 1.165) is 0 Å². The molecule has 1 aliphatic carbocycles. The van der Waals surface area contributed by atoms with Crippen LogP contribution in [0.15, 0.2) is 48.5 Å². The van der Waals surface area contributed by atoms with Crippen molar-refractivity contribution in [3.8, 4) is 0 Å². The number of hydrogen-bond acceptors (Lipinski definition) is 0. The molecular weight excluding hydrogens is 320 g/mol. The van der Waals surface area contributed by atoms with Crippen molar-refractivity contribution >= 4 is 16.1 Å². The lowest BCUT2D eigenvalue weighted by Gasteiger charge is -2.55. The van der Waals surface area contributed by atoms with E-state index in [2.05, 4.69) is 102 Å². The predicted molar refractivity (Wildman–Crippen MR) is 112 cm³/mol. The topological polar surface area (TPSA) is 0 Å². The Labute approximate surface area is 150 Å². The van der Waals surface area contributed by atoms with Crippen molar-refractivity contribution in [2.45, 2.75) is 63.2 Å². The van der Waals surface area contributed by atoms with Crippen LogP contribution in [0.4, 0.5) is 0 Å². The van der Waals surface area contributed by atoms with Crippen molar-refractivity contribution in [3.05, 3.63) is 70.8 Å². The molecule has 0 aliphatic heterocycles. The summed E-state index contributed by atoms with van der Waals surface area (Å²) >= 11 is 0. The summed E-state index contributed by atoms with van der Waals surface area (Å²) in [5, 5.41) is 0.332. The van der Waals surface area contributed by atoms with Gasteiger partial charge in [-0.2, -0.15) is 0 Å². The summed E-state index contributed by atoms with van der Waals surface area (Å²) in [5.41, 5.74) is 6.36. The van der Waals surface area contributed by atoms with Crippen LogP contribution in [0.1, 0.15) is 36.1 Å². The SMILES string of the molecule is CC1([Si](C)(C)C)c2ccccc2C(C)([Si](C)(C)C)c2ccccc21. The van der Waals surface area contributed by atoms with E-state index in [1.807, 2.05) is 0 Å². The standard InChI is InChI=1S/C22H32Si2/c1-21(23(3,4)5)17-13-9-11-15-19(17)22(2,24(6,7)8)20-16-12-10-14-18(20)21/h9-16H,1-8H3. The number of fused-ring (bicyclic) bond motifs is 2. The Kier molecular flexibility index (Phi) is 3.82. The smallest absolute Gasteiger partial charge is 0.0609 e. The highest BCUT2D eigenvalue weighted by Crippen LogP contribution is 2.55. The van der Waals surface area contributed by atoms with Crippen LogP contribution in [0.25, 0.3) is 0 Å². The van der Waals surface area contributed by atoms with Crippen LogP contribution in [0.3, 0.4) is 0 Å². The first-order valence-electron chi connectivity index (χ1n) is 9.15. The quantitative estimate of drug-likeness (QED) is 0.551. The van der Waals surface area contributed by atoms with E-state index in [-0.39, 0.29) is 10.1 Å². The zero-order chi connectivity index (χ0) is 18.0. The van der Waals surface area contributed by atoms with Gasteiger partial charge in [-0.25, -0.2) is 0 Å². The average Bonchev–Trinajstić information content (AvgIpc) is 2.50. The molecule has 3 rings (SSSR count). The fourth-order valence-electron chi connectivity index (χ4n) is 4.62. The third-order valence-corrected chi connectivity index (χ3v) is 14.1. The molecule has 0 saturated heterocycles. The van der Waals surface area contributed by atoms with Crippen LogP contribution in [0.5, 0.6) is 0 Å². The van der Waals surface area contributed by atoms with Crippen molar-refractivity contribution < 1.29 is 0 Å². The lowest BCUT2D eigenvalue weighted by atomic mass is 9.72. The Bertz CT molecular complexity index is 662. The van der Waals surface area contributed by atoms with Gasteiger partial charge in [0.1, 0.15) is 0 Å². The molecule has 0 nitrogen and oxygen atoms in total. The maximum Gasteiger partial charge on any atom is 0.0609 e. The van der Waals surface area contributed by atoms with Gasteiger partial charge < -0.3 is 0 Å². The summed E-state index contributed by atoms with van der Waals surface area (Å²) in [6.07, 6.45) is 0. The van der Waals surface area contributed by atoms with E-state index in [9.17, 15) is 0 Å². The lowest BCUT2D eigenvalue weighted by Crippen LogP contribution is -2.58. The molecular formula is C22H32Si2. The molecule has 2 aromatic rings. The van der Waals surface area contributed by atoms with Crippen molar-refractivity contribution in [1.82, 2.24) is 0 Å². The molecule has 1 aliphatic rings. The number of benzene rings is 2. The Morgan fingerprint density at radius 3 is 0.875 bits per heavy atom. The summed E-state index contributed by atoms with van der Waals surface area (Å²) < 4.78 is 0. The maximum atomic E-state index is 2.53. The number of rotatable bonds is 2. The Morgan fingerprint density at radius 2 is 0.708 bits per heavy atom. The molecule has 0 radical (unpaired) electrons. The molecule has 0 unspecified atom stereocenters. The van der Waals surface area contributed by atoms with E-state index in [1.54, 1.807) is 22.3 Å². The van der Waals surface area contributed by atoms with E-state index < -0.39 is 16.1 Å². The zero-order valence-electron chi connectivity index (χ0n) is 16.6. The van der Waals surface area contributed by atoms with Gasteiger partial charge in [0.2, 0.25) is 0 Å². The Balaban J connectivity index is 2.51. The van der Waals surface area contributed by atoms with Gasteiger partial charge in [0.25, 0.3) is 0 Å². The van der Waals surface area contributed by atoms with E-state index in [4.69, 9.17) is 0 Å². The lowest BCUT2D eigenvalue weighted by molar-refractivity contribution is 0.639. The molecule has 0 amide bonds. The van der Waals surface area contributed by atoms with Gasteiger partial charge in [0.05, 0.1) is 16.1 Å². The monoisotopic (exact) mass is 352 g/mol.